The minimum absolute atomic E-state index is 0.0872. The maximum atomic E-state index is 12.2. The van der Waals surface area contributed by atoms with Crippen LogP contribution in [-0.2, 0) is 16.1 Å². The van der Waals surface area contributed by atoms with E-state index in [0.717, 1.165) is 11.5 Å². The van der Waals surface area contributed by atoms with Gasteiger partial charge in [-0.2, -0.15) is 0 Å². The maximum Gasteiger partial charge on any atom is 0.238 e. The van der Waals surface area contributed by atoms with Gasteiger partial charge < -0.3 is 14.6 Å². The van der Waals surface area contributed by atoms with Crippen molar-refractivity contribution in [2.24, 2.45) is 0 Å². The first-order valence-electron chi connectivity index (χ1n) is 7.86. The highest BCUT2D eigenvalue weighted by Gasteiger charge is 2.15. The summed E-state index contributed by atoms with van der Waals surface area (Å²) in [4.78, 5) is 27.5. The molecule has 2 amide bonds. The molecule has 2 rings (SSSR count). The molecule has 0 unspecified atom stereocenters. The third-order valence-corrected chi connectivity index (χ3v) is 3.81. The van der Waals surface area contributed by atoms with E-state index in [1.807, 2.05) is 19.1 Å². The Morgan fingerprint density at radius 1 is 1.08 bits per heavy atom. The first-order chi connectivity index (χ1) is 11.8. The molecule has 25 heavy (non-hydrogen) atoms. The number of likely N-dealkylation sites (N-methyl/N-ethyl adjacent to an activating group) is 2. The fourth-order valence-electron chi connectivity index (χ4n) is 2.28. The lowest BCUT2D eigenvalue weighted by Crippen LogP contribution is -2.39. The number of anilines is 1. The summed E-state index contributed by atoms with van der Waals surface area (Å²) in [5.41, 5.74) is 0.666. The van der Waals surface area contributed by atoms with Crippen LogP contribution in [0.5, 0.6) is 0 Å². The van der Waals surface area contributed by atoms with Gasteiger partial charge in [0.2, 0.25) is 11.8 Å². The van der Waals surface area contributed by atoms with Crippen molar-refractivity contribution in [2.75, 3.05) is 32.5 Å². The summed E-state index contributed by atoms with van der Waals surface area (Å²) in [5.74, 6) is 1.26. The second-order valence-corrected chi connectivity index (χ2v) is 6.43. The van der Waals surface area contributed by atoms with E-state index in [0.29, 0.717) is 17.3 Å². The first kappa shape index (κ1) is 19.0. The number of benzene rings is 1. The van der Waals surface area contributed by atoms with Crippen molar-refractivity contribution < 1.29 is 14.0 Å². The highest BCUT2D eigenvalue weighted by molar-refractivity contribution is 6.30. The van der Waals surface area contributed by atoms with Gasteiger partial charge in [0, 0.05) is 17.8 Å². The molecule has 1 aromatic carbocycles. The molecule has 0 aliphatic carbocycles. The van der Waals surface area contributed by atoms with Gasteiger partial charge in [0.05, 0.1) is 19.6 Å². The van der Waals surface area contributed by atoms with Crippen LogP contribution in [0.25, 0.3) is 0 Å². The molecule has 0 bridgehead atoms. The number of hydrogen-bond acceptors (Lipinski definition) is 4. The predicted molar refractivity (Wildman–Crippen MR) is 97.5 cm³/mol. The summed E-state index contributed by atoms with van der Waals surface area (Å²) in [7, 11) is 3.44. The number of carbonyl (C=O) groups is 2. The smallest absolute Gasteiger partial charge is 0.238 e. The highest BCUT2D eigenvalue weighted by Crippen LogP contribution is 2.13. The summed E-state index contributed by atoms with van der Waals surface area (Å²) < 4.78 is 5.47. The van der Waals surface area contributed by atoms with E-state index in [2.05, 4.69) is 5.32 Å². The Bertz CT molecular complexity index is 727. The molecule has 0 atom stereocenters. The van der Waals surface area contributed by atoms with E-state index in [4.69, 9.17) is 16.0 Å². The zero-order valence-corrected chi connectivity index (χ0v) is 15.3. The van der Waals surface area contributed by atoms with Crippen molar-refractivity contribution in [3.63, 3.8) is 0 Å². The van der Waals surface area contributed by atoms with Gasteiger partial charge in [-0.05, 0) is 50.4 Å². The average Bonchev–Trinajstić information content (AvgIpc) is 2.94. The zero-order valence-electron chi connectivity index (χ0n) is 14.6. The second-order valence-electron chi connectivity index (χ2n) is 5.99. The molecule has 0 saturated heterocycles. The Morgan fingerprint density at radius 3 is 2.36 bits per heavy atom. The lowest BCUT2D eigenvalue weighted by Gasteiger charge is -2.21. The van der Waals surface area contributed by atoms with E-state index in [1.54, 1.807) is 48.2 Å². The van der Waals surface area contributed by atoms with Crippen molar-refractivity contribution in [1.82, 2.24) is 9.80 Å². The van der Waals surface area contributed by atoms with E-state index < -0.39 is 0 Å². The van der Waals surface area contributed by atoms with Crippen LogP contribution in [0.1, 0.15) is 11.5 Å². The largest absolute Gasteiger partial charge is 0.464 e. The van der Waals surface area contributed by atoms with Gasteiger partial charge in [0.15, 0.2) is 0 Å². The average molecular weight is 364 g/mol. The minimum Gasteiger partial charge on any atom is -0.464 e. The monoisotopic (exact) mass is 363 g/mol. The summed E-state index contributed by atoms with van der Waals surface area (Å²) >= 11 is 5.81. The van der Waals surface area contributed by atoms with Gasteiger partial charge in [-0.3, -0.25) is 14.5 Å². The molecule has 1 N–H and O–H groups in total. The molecule has 1 heterocycles. The van der Waals surface area contributed by atoms with Gasteiger partial charge in [-0.15, -0.1) is 0 Å². The number of hydrogen-bond donors (Lipinski definition) is 1. The molecular formula is C18H22ClN3O3. The molecule has 0 fully saturated rings. The molecule has 6 nitrogen and oxygen atoms in total. The Labute approximate surface area is 152 Å². The van der Waals surface area contributed by atoms with Gasteiger partial charge >= 0.3 is 0 Å². The van der Waals surface area contributed by atoms with Crippen molar-refractivity contribution in [3.8, 4) is 0 Å². The van der Waals surface area contributed by atoms with Gasteiger partial charge in [-0.25, -0.2) is 0 Å². The lowest BCUT2D eigenvalue weighted by atomic mass is 10.3. The zero-order chi connectivity index (χ0) is 18.4. The van der Waals surface area contributed by atoms with Crippen molar-refractivity contribution in [1.29, 1.82) is 0 Å². The number of rotatable bonds is 7. The van der Waals surface area contributed by atoms with Crippen molar-refractivity contribution in [3.05, 3.63) is 52.9 Å². The number of nitrogens with zero attached hydrogens (tertiary/aromatic N) is 2. The van der Waals surface area contributed by atoms with Crippen LogP contribution < -0.4 is 5.32 Å². The Morgan fingerprint density at radius 2 is 1.76 bits per heavy atom. The lowest BCUT2D eigenvalue weighted by molar-refractivity contribution is -0.131. The van der Waals surface area contributed by atoms with Gasteiger partial charge in [0.1, 0.15) is 11.5 Å². The SMILES string of the molecule is Cc1ccc(CN(C)C(=O)CN(C)CC(=O)Nc2ccc(Cl)cc2)o1. The number of carbonyl (C=O) groups excluding carboxylic acids is 2. The van der Waals surface area contributed by atoms with E-state index in [1.165, 1.54) is 0 Å². The van der Waals surface area contributed by atoms with Crippen molar-refractivity contribution in [2.45, 2.75) is 13.5 Å². The first-order valence-corrected chi connectivity index (χ1v) is 8.24. The third kappa shape index (κ3) is 6.25. The number of amides is 2. The molecule has 2 aromatic rings. The molecule has 7 heteroatoms. The number of furan rings is 1. The van der Waals surface area contributed by atoms with Crippen LogP contribution in [-0.4, -0.2) is 48.8 Å². The summed E-state index contributed by atoms with van der Waals surface area (Å²) in [5, 5.41) is 3.37. The van der Waals surface area contributed by atoms with Crippen LogP contribution in [0, 0.1) is 6.92 Å². The summed E-state index contributed by atoms with van der Waals surface area (Å²) in [6, 6.07) is 10.6. The van der Waals surface area contributed by atoms with Crippen LogP contribution >= 0.6 is 11.6 Å². The van der Waals surface area contributed by atoms with Gasteiger partial charge in [-0.1, -0.05) is 11.6 Å². The molecule has 0 spiro atoms. The van der Waals surface area contributed by atoms with Crippen LogP contribution in [0.15, 0.2) is 40.8 Å². The second kappa shape index (κ2) is 8.69. The van der Waals surface area contributed by atoms with Crippen LogP contribution in [0.2, 0.25) is 5.02 Å². The molecular weight excluding hydrogens is 342 g/mol. The van der Waals surface area contributed by atoms with Crippen molar-refractivity contribution >= 4 is 29.1 Å². The third-order valence-electron chi connectivity index (χ3n) is 3.56. The van der Waals surface area contributed by atoms with E-state index >= 15 is 0 Å². The molecule has 0 saturated carbocycles. The molecule has 0 aliphatic rings. The standard InChI is InChI=1S/C18H22ClN3O3/c1-13-4-9-16(25-13)10-22(3)18(24)12-21(2)11-17(23)20-15-7-5-14(19)6-8-15/h4-9H,10-12H2,1-3H3,(H,20,23). The predicted octanol–water partition coefficient (Wildman–Crippen LogP) is 2.77. The summed E-state index contributed by atoms with van der Waals surface area (Å²) in [6.45, 7) is 2.52. The number of halogens is 1. The van der Waals surface area contributed by atoms with E-state index in [-0.39, 0.29) is 24.9 Å². The Kier molecular flexibility index (Phi) is 6.61. The van der Waals surface area contributed by atoms with Crippen LogP contribution in [0.3, 0.4) is 0 Å². The summed E-state index contributed by atoms with van der Waals surface area (Å²) in [6.07, 6.45) is 0. The molecule has 0 aliphatic heterocycles. The maximum absolute atomic E-state index is 12.2. The number of aryl methyl sites for hydroxylation is 1. The Hall–Kier alpha value is -2.31. The van der Waals surface area contributed by atoms with E-state index in [9.17, 15) is 9.59 Å². The fraction of sp³-hybridized carbons (Fsp3) is 0.333. The molecule has 0 radical (unpaired) electrons. The topological polar surface area (TPSA) is 65.8 Å². The van der Waals surface area contributed by atoms with Crippen LogP contribution in [0.4, 0.5) is 5.69 Å². The Balaban J connectivity index is 1.77. The highest BCUT2D eigenvalue weighted by atomic mass is 35.5. The molecule has 1 aromatic heterocycles. The number of nitrogens with one attached hydrogen (secondary N) is 1. The normalized spacial score (nSPS) is 10.8. The van der Waals surface area contributed by atoms with Gasteiger partial charge in [0.25, 0.3) is 0 Å². The molecule has 134 valence electrons. The fourth-order valence-corrected chi connectivity index (χ4v) is 2.40. The quantitative estimate of drug-likeness (QED) is 0.821. The minimum atomic E-state index is -0.193.